The molecule has 1 N–H and O–H groups in total. The monoisotopic (exact) mass is 294 g/mol. The first-order valence-corrected chi connectivity index (χ1v) is 10.6. The molecule has 1 aromatic rings. The van der Waals surface area contributed by atoms with Crippen molar-refractivity contribution in [2.75, 3.05) is 13.7 Å². The van der Waals surface area contributed by atoms with Gasteiger partial charge in [-0.3, -0.25) is 0 Å². The molecular formula is C16H26O3Si. The predicted molar refractivity (Wildman–Crippen MR) is 85.8 cm³/mol. The Balaban J connectivity index is 3.33. The molecule has 0 aliphatic rings. The molecule has 0 aromatic heterocycles. The zero-order chi connectivity index (χ0) is 15.4. The van der Waals surface area contributed by atoms with E-state index in [1.807, 2.05) is 31.2 Å². The Hall–Kier alpha value is -1.26. The van der Waals surface area contributed by atoms with E-state index in [-0.39, 0.29) is 0 Å². The van der Waals surface area contributed by atoms with E-state index in [0.29, 0.717) is 24.2 Å². The second-order valence-electron chi connectivity index (χ2n) is 6.15. The van der Waals surface area contributed by atoms with Crippen LogP contribution in [-0.4, -0.2) is 26.9 Å². The van der Waals surface area contributed by atoms with Crippen molar-refractivity contribution in [2.45, 2.75) is 38.2 Å². The highest BCUT2D eigenvalue weighted by Crippen LogP contribution is 2.41. The van der Waals surface area contributed by atoms with Crippen molar-refractivity contribution in [2.24, 2.45) is 0 Å². The minimum absolute atomic E-state index is 0.395. The summed E-state index contributed by atoms with van der Waals surface area (Å²) in [5.74, 6) is 1.06. The Kier molecular flexibility index (Phi) is 5.42. The van der Waals surface area contributed by atoms with E-state index in [1.165, 1.54) is 0 Å². The van der Waals surface area contributed by atoms with Gasteiger partial charge < -0.3 is 14.6 Å². The van der Waals surface area contributed by atoms with Crippen LogP contribution >= 0.6 is 0 Å². The molecular weight excluding hydrogens is 268 g/mol. The lowest BCUT2D eigenvalue weighted by molar-refractivity contribution is 0.0227. The fourth-order valence-electron chi connectivity index (χ4n) is 2.39. The lowest BCUT2D eigenvalue weighted by Gasteiger charge is -2.35. The normalized spacial score (nSPS) is 14.5. The van der Waals surface area contributed by atoms with Gasteiger partial charge in [0.15, 0.2) is 0 Å². The van der Waals surface area contributed by atoms with Gasteiger partial charge in [-0.2, -0.15) is 0 Å². The summed E-state index contributed by atoms with van der Waals surface area (Å²) >= 11 is 0. The summed E-state index contributed by atoms with van der Waals surface area (Å²) in [7, 11) is 0.0591. The molecule has 0 bridgehead atoms. The smallest absolute Gasteiger partial charge is 0.147 e. The summed E-state index contributed by atoms with van der Waals surface area (Å²) in [5, 5.41) is 11.3. The van der Waals surface area contributed by atoms with Crippen molar-refractivity contribution in [1.29, 1.82) is 0 Å². The van der Waals surface area contributed by atoms with Crippen molar-refractivity contribution < 1.29 is 14.6 Å². The molecule has 1 aromatic carbocycles. The summed E-state index contributed by atoms with van der Waals surface area (Å²) in [6.45, 7) is 13.0. The third-order valence-corrected chi connectivity index (χ3v) is 4.69. The first-order chi connectivity index (χ1) is 9.24. The first-order valence-electron chi connectivity index (χ1n) is 6.92. The van der Waals surface area contributed by atoms with Gasteiger partial charge in [0.1, 0.15) is 17.1 Å². The molecule has 0 aliphatic heterocycles. The van der Waals surface area contributed by atoms with Crippen molar-refractivity contribution in [1.82, 2.24) is 0 Å². The van der Waals surface area contributed by atoms with Crippen LogP contribution in [0.15, 0.2) is 36.6 Å². The van der Waals surface area contributed by atoms with E-state index in [1.54, 1.807) is 7.11 Å². The van der Waals surface area contributed by atoms with Crippen LogP contribution in [-0.2, 0) is 10.3 Å². The molecule has 4 heteroatoms. The maximum absolute atomic E-state index is 11.3. The Bertz CT molecular complexity index is 465. The highest BCUT2D eigenvalue weighted by atomic mass is 28.3. The molecule has 0 saturated carbocycles. The number of para-hydroxylation sites is 1. The average Bonchev–Trinajstić information content (AvgIpc) is 2.37. The topological polar surface area (TPSA) is 38.7 Å². The number of hydrogen-bond donors (Lipinski definition) is 1. The second-order valence-corrected chi connectivity index (χ2v) is 11.6. The second kappa shape index (κ2) is 6.46. The molecule has 0 radical (unpaired) electrons. The summed E-state index contributed by atoms with van der Waals surface area (Å²) in [5.41, 5.74) is -0.476. The summed E-state index contributed by atoms with van der Waals surface area (Å²) in [4.78, 5) is 0. The molecule has 0 saturated heterocycles. The van der Waals surface area contributed by atoms with E-state index >= 15 is 0 Å². The van der Waals surface area contributed by atoms with Gasteiger partial charge in [0, 0.05) is 13.6 Å². The van der Waals surface area contributed by atoms with Crippen LogP contribution in [0.4, 0.5) is 0 Å². The zero-order valence-corrected chi connectivity index (χ0v) is 14.2. The van der Waals surface area contributed by atoms with E-state index < -0.39 is 13.7 Å². The molecule has 20 heavy (non-hydrogen) atoms. The van der Waals surface area contributed by atoms with Crippen molar-refractivity contribution in [3.63, 3.8) is 0 Å². The Labute approximate surface area is 123 Å². The van der Waals surface area contributed by atoms with E-state index in [0.717, 1.165) is 5.56 Å². The van der Waals surface area contributed by atoms with Crippen molar-refractivity contribution in [3.05, 3.63) is 42.2 Å². The first kappa shape index (κ1) is 16.8. The fraction of sp³-hybridized carbons (Fsp3) is 0.500. The maximum atomic E-state index is 11.3. The van der Waals surface area contributed by atoms with Crippen LogP contribution in [0.5, 0.6) is 5.75 Å². The van der Waals surface area contributed by atoms with Crippen molar-refractivity contribution >= 4 is 8.07 Å². The van der Waals surface area contributed by atoms with Gasteiger partial charge in [0.05, 0.1) is 13.7 Å². The summed E-state index contributed by atoms with van der Waals surface area (Å²) < 4.78 is 10.9. The lowest BCUT2D eigenvalue weighted by atomic mass is 9.93. The molecule has 112 valence electrons. The molecule has 1 rings (SSSR count). The number of benzene rings is 1. The van der Waals surface area contributed by atoms with Gasteiger partial charge in [0.2, 0.25) is 0 Å². The quantitative estimate of drug-likeness (QED) is 0.614. The third-order valence-electron chi connectivity index (χ3n) is 3.12. The van der Waals surface area contributed by atoms with Crippen LogP contribution < -0.4 is 4.74 Å². The molecule has 0 spiro atoms. The van der Waals surface area contributed by atoms with Crippen molar-refractivity contribution in [3.8, 4) is 5.75 Å². The molecule has 1 unspecified atom stereocenters. The van der Waals surface area contributed by atoms with Crippen LogP contribution in [0.25, 0.3) is 0 Å². The van der Waals surface area contributed by atoms with Crippen LogP contribution in [0, 0.1) is 0 Å². The molecule has 0 amide bonds. The Morgan fingerprint density at radius 2 is 1.90 bits per heavy atom. The minimum atomic E-state index is -1.55. The summed E-state index contributed by atoms with van der Waals surface area (Å²) in [6, 6.07) is 8.15. The highest BCUT2D eigenvalue weighted by Gasteiger charge is 2.40. The lowest BCUT2D eigenvalue weighted by Crippen LogP contribution is -2.38. The number of aliphatic hydroxyl groups is 1. The molecule has 0 heterocycles. The number of rotatable bonds is 7. The largest absolute Gasteiger partial charge is 0.496 e. The van der Waals surface area contributed by atoms with Crippen LogP contribution in [0.1, 0.15) is 12.5 Å². The average molecular weight is 294 g/mol. The predicted octanol–water partition coefficient (Wildman–Crippen LogP) is 3.77. The SMILES string of the molecule is C=C(OCC)C(O)(C[Si](C)(C)C)c1ccccc1OC. The van der Waals surface area contributed by atoms with Gasteiger partial charge in [0.25, 0.3) is 0 Å². The van der Waals surface area contributed by atoms with Crippen LogP contribution in [0.3, 0.4) is 0 Å². The van der Waals surface area contributed by atoms with Gasteiger partial charge in [-0.25, -0.2) is 0 Å². The third kappa shape index (κ3) is 3.87. The number of ether oxygens (including phenoxy) is 2. The standard InChI is InChI=1S/C16H26O3Si/c1-7-19-13(2)16(17,12-20(4,5)6)14-10-8-9-11-15(14)18-3/h8-11,17H,2,7,12H2,1,3-6H3. The van der Waals surface area contributed by atoms with Gasteiger partial charge in [-0.05, 0) is 19.0 Å². The highest BCUT2D eigenvalue weighted by molar-refractivity contribution is 6.76. The molecule has 3 nitrogen and oxygen atoms in total. The van der Waals surface area contributed by atoms with E-state index in [4.69, 9.17) is 9.47 Å². The fourth-order valence-corrected chi connectivity index (χ4v) is 4.31. The van der Waals surface area contributed by atoms with Crippen LogP contribution in [0.2, 0.25) is 25.7 Å². The number of hydrogen-bond acceptors (Lipinski definition) is 3. The molecule has 0 aliphatic carbocycles. The maximum Gasteiger partial charge on any atom is 0.147 e. The zero-order valence-electron chi connectivity index (χ0n) is 13.2. The Morgan fingerprint density at radius 1 is 1.30 bits per heavy atom. The molecule has 0 fully saturated rings. The van der Waals surface area contributed by atoms with E-state index in [9.17, 15) is 5.11 Å². The molecule has 1 atom stereocenters. The number of methoxy groups -OCH3 is 1. The van der Waals surface area contributed by atoms with Gasteiger partial charge in [-0.1, -0.05) is 44.4 Å². The van der Waals surface area contributed by atoms with Gasteiger partial charge >= 0.3 is 0 Å². The summed E-state index contributed by atoms with van der Waals surface area (Å²) in [6.07, 6.45) is 0. The van der Waals surface area contributed by atoms with E-state index in [2.05, 4.69) is 26.2 Å². The van der Waals surface area contributed by atoms with Gasteiger partial charge in [-0.15, -0.1) is 0 Å². The minimum Gasteiger partial charge on any atom is -0.496 e. The Morgan fingerprint density at radius 3 is 2.40 bits per heavy atom.